The van der Waals surface area contributed by atoms with Gasteiger partial charge in [-0.3, -0.25) is 0 Å². The third kappa shape index (κ3) is 2.61. The highest BCUT2D eigenvalue weighted by Crippen LogP contribution is 2.44. The molecule has 1 heterocycles. The summed E-state index contributed by atoms with van der Waals surface area (Å²) in [5.74, 6) is 0. The van der Waals surface area contributed by atoms with Crippen LogP contribution in [0.25, 0.3) is 0 Å². The van der Waals surface area contributed by atoms with Crippen LogP contribution in [-0.2, 0) is 4.74 Å². The lowest BCUT2D eigenvalue weighted by atomic mass is 9.60. The largest absolute Gasteiger partial charge is 0.444 e. The zero-order chi connectivity index (χ0) is 11.1. The first kappa shape index (κ1) is 13.6. The molecule has 16 heavy (non-hydrogen) atoms. The van der Waals surface area contributed by atoms with Crippen molar-refractivity contribution < 1.29 is 9.53 Å². The fraction of sp³-hybridized carbons (Fsp3) is 0.909. The Hall–Kier alpha value is -0.480. The molecule has 1 saturated heterocycles. The first-order valence-electron chi connectivity index (χ1n) is 5.62. The number of carbonyl (C=O) groups is 1. The predicted molar refractivity (Wildman–Crippen MR) is 64.9 cm³/mol. The van der Waals surface area contributed by atoms with E-state index in [1.165, 1.54) is 6.42 Å². The average molecular weight is 249 g/mol. The molecule has 94 valence electrons. The lowest BCUT2D eigenvalue weighted by molar-refractivity contribution is -0.00548. The van der Waals surface area contributed by atoms with E-state index in [0.717, 1.165) is 19.5 Å². The first-order chi connectivity index (χ1) is 6.91. The number of hydrogen-bond donors (Lipinski definition) is 2. The van der Waals surface area contributed by atoms with Crippen molar-refractivity contribution in [3.8, 4) is 0 Å². The first-order valence-corrected chi connectivity index (χ1v) is 5.62. The maximum Gasteiger partial charge on any atom is 0.407 e. The molecule has 0 radical (unpaired) electrons. The summed E-state index contributed by atoms with van der Waals surface area (Å²) >= 11 is 0. The van der Waals surface area contributed by atoms with E-state index in [1.54, 1.807) is 0 Å². The number of ether oxygens (including phenoxy) is 1. The summed E-state index contributed by atoms with van der Waals surface area (Å²) in [5.41, 5.74) is -0.0598. The molecule has 1 amide bonds. The van der Waals surface area contributed by atoms with Crippen LogP contribution in [0.2, 0.25) is 0 Å². The van der Waals surface area contributed by atoms with E-state index in [0.29, 0.717) is 11.5 Å². The van der Waals surface area contributed by atoms with Crippen LogP contribution < -0.4 is 10.6 Å². The van der Waals surface area contributed by atoms with Gasteiger partial charge in [-0.05, 0) is 33.6 Å². The SMILES string of the molecule is CC(C)(C)OC(=O)N[C@H]1CCC12CNC2.Cl. The van der Waals surface area contributed by atoms with Crippen LogP contribution in [-0.4, -0.2) is 30.8 Å². The molecule has 0 aromatic heterocycles. The standard InChI is InChI=1S/C11H20N2O2.ClH/c1-10(2,3)15-9(14)13-8-4-5-11(8)6-12-7-11;/h8,12H,4-7H2,1-3H3,(H,13,14);1H/t8-;/m0./s1. The fourth-order valence-electron chi connectivity index (χ4n) is 2.24. The summed E-state index contributed by atoms with van der Waals surface area (Å²) < 4.78 is 5.24. The molecule has 1 saturated carbocycles. The Bertz CT molecular complexity index is 266. The average Bonchev–Trinajstić information content (AvgIpc) is 1.91. The molecule has 0 aromatic carbocycles. The second-order valence-electron chi connectivity index (χ2n) is 5.70. The van der Waals surface area contributed by atoms with E-state index in [1.807, 2.05) is 20.8 Å². The smallest absolute Gasteiger partial charge is 0.407 e. The Morgan fingerprint density at radius 1 is 1.44 bits per heavy atom. The van der Waals surface area contributed by atoms with Gasteiger partial charge in [-0.2, -0.15) is 0 Å². The van der Waals surface area contributed by atoms with Gasteiger partial charge in [-0.1, -0.05) is 0 Å². The molecule has 1 aliphatic heterocycles. The van der Waals surface area contributed by atoms with Crippen LogP contribution in [0.4, 0.5) is 4.79 Å². The molecule has 0 aromatic rings. The normalized spacial score (nSPS) is 26.1. The summed E-state index contributed by atoms with van der Waals surface area (Å²) in [6.45, 7) is 7.72. The number of alkyl carbamates (subject to hydrolysis) is 1. The molecule has 2 N–H and O–H groups in total. The molecule has 1 atom stereocenters. The van der Waals surface area contributed by atoms with Gasteiger partial charge in [-0.15, -0.1) is 12.4 Å². The minimum absolute atomic E-state index is 0. The summed E-state index contributed by atoms with van der Waals surface area (Å²) in [5, 5.41) is 6.23. The molecule has 5 heteroatoms. The van der Waals surface area contributed by atoms with Crippen LogP contribution in [0.1, 0.15) is 33.6 Å². The molecular formula is C11H21ClN2O2. The van der Waals surface area contributed by atoms with Crippen molar-refractivity contribution in [2.24, 2.45) is 5.41 Å². The van der Waals surface area contributed by atoms with Gasteiger partial charge in [-0.25, -0.2) is 4.79 Å². The van der Waals surface area contributed by atoms with Gasteiger partial charge < -0.3 is 15.4 Å². The van der Waals surface area contributed by atoms with Crippen LogP contribution in [0.3, 0.4) is 0 Å². The molecule has 2 rings (SSSR count). The van der Waals surface area contributed by atoms with Crippen molar-refractivity contribution in [3.05, 3.63) is 0 Å². The molecule has 2 fully saturated rings. The van der Waals surface area contributed by atoms with Crippen molar-refractivity contribution in [2.45, 2.75) is 45.3 Å². The van der Waals surface area contributed by atoms with Crippen molar-refractivity contribution in [1.82, 2.24) is 10.6 Å². The van der Waals surface area contributed by atoms with Crippen LogP contribution in [0.15, 0.2) is 0 Å². The van der Waals surface area contributed by atoms with Crippen molar-refractivity contribution in [2.75, 3.05) is 13.1 Å². The number of carbonyl (C=O) groups excluding carboxylic acids is 1. The highest BCUT2D eigenvalue weighted by Gasteiger charge is 2.51. The number of halogens is 1. The Labute approximate surface area is 103 Å². The van der Waals surface area contributed by atoms with Gasteiger partial charge >= 0.3 is 6.09 Å². The Kier molecular flexibility index (Phi) is 3.75. The Morgan fingerprint density at radius 2 is 2.06 bits per heavy atom. The minimum Gasteiger partial charge on any atom is -0.444 e. The van der Waals surface area contributed by atoms with Gasteiger partial charge in [0.15, 0.2) is 0 Å². The lowest BCUT2D eigenvalue weighted by Gasteiger charge is -2.56. The fourth-order valence-corrected chi connectivity index (χ4v) is 2.24. The van der Waals surface area contributed by atoms with E-state index < -0.39 is 5.60 Å². The third-order valence-electron chi connectivity index (χ3n) is 3.32. The van der Waals surface area contributed by atoms with E-state index in [4.69, 9.17) is 4.74 Å². The van der Waals surface area contributed by atoms with Crippen molar-refractivity contribution in [1.29, 1.82) is 0 Å². The van der Waals surface area contributed by atoms with Crippen LogP contribution >= 0.6 is 12.4 Å². The molecule has 1 aliphatic carbocycles. The van der Waals surface area contributed by atoms with Gasteiger partial charge in [0.1, 0.15) is 5.60 Å². The Balaban J connectivity index is 0.00000128. The van der Waals surface area contributed by atoms with E-state index in [-0.39, 0.29) is 18.5 Å². The van der Waals surface area contributed by atoms with Crippen LogP contribution in [0.5, 0.6) is 0 Å². The monoisotopic (exact) mass is 248 g/mol. The van der Waals surface area contributed by atoms with Crippen LogP contribution in [0, 0.1) is 5.41 Å². The van der Waals surface area contributed by atoms with E-state index in [9.17, 15) is 4.79 Å². The zero-order valence-corrected chi connectivity index (χ0v) is 10.9. The molecule has 1 spiro atoms. The van der Waals surface area contributed by atoms with Gasteiger partial charge in [0.2, 0.25) is 0 Å². The van der Waals surface area contributed by atoms with E-state index in [2.05, 4.69) is 10.6 Å². The highest BCUT2D eigenvalue weighted by atomic mass is 35.5. The molecule has 0 bridgehead atoms. The molecule has 4 nitrogen and oxygen atoms in total. The Morgan fingerprint density at radius 3 is 2.38 bits per heavy atom. The molecule has 0 unspecified atom stereocenters. The van der Waals surface area contributed by atoms with Gasteiger partial charge in [0, 0.05) is 24.5 Å². The maximum absolute atomic E-state index is 11.5. The predicted octanol–water partition coefficient (Wildman–Crippen LogP) is 1.68. The van der Waals surface area contributed by atoms with Gasteiger partial charge in [0.05, 0.1) is 0 Å². The van der Waals surface area contributed by atoms with E-state index >= 15 is 0 Å². The van der Waals surface area contributed by atoms with Gasteiger partial charge in [0.25, 0.3) is 0 Å². The maximum atomic E-state index is 11.5. The topological polar surface area (TPSA) is 50.4 Å². The minimum atomic E-state index is -0.404. The summed E-state index contributed by atoms with van der Waals surface area (Å²) in [6, 6.07) is 0.314. The summed E-state index contributed by atoms with van der Waals surface area (Å²) in [7, 11) is 0. The quantitative estimate of drug-likeness (QED) is 0.743. The number of hydrogen-bond acceptors (Lipinski definition) is 3. The summed E-state index contributed by atoms with van der Waals surface area (Å²) in [4.78, 5) is 11.5. The van der Waals surface area contributed by atoms with Crippen molar-refractivity contribution >= 4 is 18.5 Å². The third-order valence-corrected chi connectivity index (χ3v) is 3.32. The number of rotatable bonds is 1. The number of amides is 1. The second-order valence-corrected chi connectivity index (χ2v) is 5.70. The zero-order valence-electron chi connectivity index (χ0n) is 10.1. The van der Waals surface area contributed by atoms with Crippen molar-refractivity contribution in [3.63, 3.8) is 0 Å². The summed E-state index contributed by atoms with van der Waals surface area (Å²) in [6.07, 6.45) is 2.03. The number of nitrogens with one attached hydrogen (secondary N) is 2. The molecule has 2 aliphatic rings. The lowest BCUT2D eigenvalue weighted by Crippen LogP contribution is -2.69. The molecular weight excluding hydrogens is 228 g/mol. The second kappa shape index (κ2) is 4.41. The highest BCUT2D eigenvalue weighted by molar-refractivity contribution is 5.85.